The minimum Gasteiger partial charge on any atom is -0.459 e. The average molecular weight is 330 g/mol. The molecule has 0 bridgehead atoms. The van der Waals surface area contributed by atoms with Gasteiger partial charge in [0.2, 0.25) is 0 Å². The zero-order valence-corrected chi connectivity index (χ0v) is 13.5. The van der Waals surface area contributed by atoms with Crippen LogP contribution in [-0.2, 0) is 6.54 Å². The number of nitro groups is 1. The summed E-state index contributed by atoms with van der Waals surface area (Å²) in [5.41, 5.74) is -0.117. The van der Waals surface area contributed by atoms with E-state index in [0.717, 1.165) is 25.7 Å². The zero-order chi connectivity index (χ0) is 17.0. The van der Waals surface area contributed by atoms with Gasteiger partial charge in [0.15, 0.2) is 0 Å². The minimum absolute atomic E-state index is 0.0304. The van der Waals surface area contributed by atoms with E-state index in [4.69, 9.17) is 4.42 Å². The van der Waals surface area contributed by atoms with Crippen molar-refractivity contribution in [2.45, 2.75) is 44.2 Å². The molecule has 0 radical (unpaired) electrons. The Labute approximate surface area is 140 Å². The Balaban J connectivity index is 1.63. The highest BCUT2D eigenvalue weighted by Crippen LogP contribution is 2.31. The van der Waals surface area contributed by atoms with Gasteiger partial charge in [-0.15, -0.1) is 0 Å². The van der Waals surface area contributed by atoms with Gasteiger partial charge in [0.25, 0.3) is 5.69 Å². The fraction of sp³-hybridized carbons (Fsp3) is 0.444. The van der Waals surface area contributed by atoms with Crippen LogP contribution < -0.4 is 5.32 Å². The highest BCUT2D eigenvalue weighted by Gasteiger charge is 2.28. The first-order valence-electron chi connectivity index (χ1n) is 8.33. The molecule has 1 aliphatic rings. The summed E-state index contributed by atoms with van der Waals surface area (Å²) in [4.78, 5) is 10.7. The molecular formula is C18H22N2O4. The lowest BCUT2D eigenvalue weighted by atomic mass is 9.85. The van der Waals surface area contributed by atoms with Gasteiger partial charge < -0.3 is 14.8 Å². The number of rotatable bonds is 6. The Bertz CT molecular complexity index is 705. The molecule has 24 heavy (non-hydrogen) atoms. The fourth-order valence-electron chi connectivity index (χ4n) is 3.26. The molecule has 1 aromatic carbocycles. The highest BCUT2D eigenvalue weighted by molar-refractivity contribution is 5.69. The van der Waals surface area contributed by atoms with Crippen molar-refractivity contribution in [1.29, 1.82) is 0 Å². The summed E-state index contributed by atoms with van der Waals surface area (Å²) in [7, 11) is 0. The van der Waals surface area contributed by atoms with Gasteiger partial charge in [-0.25, -0.2) is 0 Å². The standard InChI is InChI=1S/C18H22N2O4/c21-18(10-4-1-5-11-18)13-19-12-14-8-9-17(24-14)15-6-2-3-7-16(15)20(22)23/h2-3,6-9,19,21H,1,4-5,10-13H2. The van der Waals surface area contributed by atoms with Crippen molar-refractivity contribution in [3.63, 3.8) is 0 Å². The molecule has 2 aromatic rings. The van der Waals surface area contributed by atoms with Crippen LogP contribution in [0.5, 0.6) is 0 Å². The second-order valence-electron chi connectivity index (χ2n) is 6.43. The van der Waals surface area contributed by atoms with E-state index in [2.05, 4.69) is 5.32 Å². The lowest BCUT2D eigenvalue weighted by molar-refractivity contribution is -0.384. The Hall–Kier alpha value is -2.18. The molecule has 1 aliphatic carbocycles. The first kappa shape index (κ1) is 16.7. The number of nitrogens with zero attached hydrogens (tertiary/aromatic N) is 1. The lowest BCUT2D eigenvalue weighted by Crippen LogP contribution is -2.41. The summed E-state index contributed by atoms with van der Waals surface area (Å²) in [5.74, 6) is 1.18. The molecule has 0 amide bonds. The highest BCUT2D eigenvalue weighted by atomic mass is 16.6. The van der Waals surface area contributed by atoms with E-state index < -0.39 is 10.5 Å². The van der Waals surface area contributed by atoms with E-state index in [1.807, 2.05) is 6.07 Å². The van der Waals surface area contributed by atoms with Crippen molar-refractivity contribution in [3.05, 3.63) is 52.3 Å². The molecular weight excluding hydrogens is 308 g/mol. The quantitative estimate of drug-likeness (QED) is 0.623. The molecule has 6 nitrogen and oxygen atoms in total. The summed E-state index contributed by atoms with van der Waals surface area (Å²) in [6, 6.07) is 10.1. The number of benzene rings is 1. The van der Waals surface area contributed by atoms with Crippen molar-refractivity contribution in [3.8, 4) is 11.3 Å². The predicted octanol–water partition coefficient (Wildman–Crippen LogP) is 3.64. The molecule has 1 aromatic heterocycles. The lowest BCUT2D eigenvalue weighted by Gasteiger charge is -2.32. The average Bonchev–Trinajstić information content (AvgIpc) is 3.04. The van der Waals surface area contributed by atoms with E-state index in [1.54, 1.807) is 24.3 Å². The molecule has 0 aliphatic heterocycles. The van der Waals surface area contributed by atoms with Gasteiger partial charge in [-0.3, -0.25) is 10.1 Å². The third-order valence-corrected chi connectivity index (χ3v) is 4.57. The van der Waals surface area contributed by atoms with Crippen LogP contribution in [0, 0.1) is 10.1 Å². The van der Waals surface area contributed by atoms with E-state index in [1.165, 1.54) is 12.5 Å². The van der Waals surface area contributed by atoms with Crippen molar-refractivity contribution in [2.75, 3.05) is 6.54 Å². The minimum atomic E-state index is -0.619. The van der Waals surface area contributed by atoms with Crippen molar-refractivity contribution >= 4 is 5.69 Å². The van der Waals surface area contributed by atoms with E-state index in [0.29, 0.717) is 30.2 Å². The maximum Gasteiger partial charge on any atom is 0.280 e. The zero-order valence-electron chi connectivity index (χ0n) is 13.5. The number of nitro benzene ring substituents is 1. The number of aliphatic hydroxyl groups is 1. The normalized spacial score (nSPS) is 16.9. The van der Waals surface area contributed by atoms with Crippen molar-refractivity contribution in [1.82, 2.24) is 5.32 Å². The predicted molar refractivity (Wildman–Crippen MR) is 90.5 cm³/mol. The molecule has 3 rings (SSSR count). The third kappa shape index (κ3) is 3.83. The van der Waals surface area contributed by atoms with Gasteiger partial charge >= 0.3 is 0 Å². The van der Waals surface area contributed by atoms with E-state index >= 15 is 0 Å². The van der Waals surface area contributed by atoms with Crippen LogP contribution in [0.3, 0.4) is 0 Å². The fourth-order valence-corrected chi connectivity index (χ4v) is 3.26. The van der Waals surface area contributed by atoms with Gasteiger partial charge in [-0.05, 0) is 31.0 Å². The second kappa shape index (κ2) is 7.15. The SMILES string of the molecule is O=[N+]([O-])c1ccccc1-c1ccc(CNCC2(O)CCCCC2)o1. The molecule has 128 valence electrons. The van der Waals surface area contributed by atoms with Crippen LogP contribution >= 0.6 is 0 Å². The summed E-state index contributed by atoms with van der Waals surface area (Å²) in [6.45, 7) is 1.03. The maximum atomic E-state index is 11.1. The third-order valence-electron chi connectivity index (χ3n) is 4.57. The Morgan fingerprint density at radius 1 is 1.17 bits per heavy atom. The summed E-state index contributed by atoms with van der Waals surface area (Å²) < 4.78 is 5.73. The summed E-state index contributed by atoms with van der Waals surface area (Å²) >= 11 is 0. The van der Waals surface area contributed by atoms with Crippen molar-refractivity contribution in [2.24, 2.45) is 0 Å². The Morgan fingerprint density at radius 3 is 2.67 bits per heavy atom. The molecule has 0 unspecified atom stereocenters. The van der Waals surface area contributed by atoms with Crippen molar-refractivity contribution < 1.29 is 14.4 Å². The molecule has 1 fully saturated rings. The number of nitrogens with one attached hydrogen (secondary N) is 1. The first-order chi connectivity index (χ1) is 11.6. The van der Waals surface area contributed by atoms with Gasteiger partial charge in [0.05, 0.1) is 22.6 Å². The summed E-state index contributed by atoms with van der Waals surface area (Å²) in [6.07, 6.45) is 5.00. The molecule has 6 heteroatoms. The molecule has 1 heterocycles. The van der Waals surface area contributed by atoms with Crippen LogP contribution in [0.4, 0.5) is 5.69 Å². The van der Waals surface area contributed by atoms with E-state index in [9.17, 15) is 15.2 Å². The van der Waals surface area contributed by atoms with Gasteiger partial charge in [0, 0.05) is 12.6 Å². The Morgan fingerprint density at radius 2 is 1.92 bits per heavy atom. The molecule has 0 atom stereocenters. The largest absolute Gasteiger partial charge is 0.459 e. The molecule has 0 spiro atoms. The second-order valence-corrected chi connectivity index (χ2v) is 6.43. The van der Waals surface area contributed by atoms with Crippen LogP contribution in [0.2, 0.25) is 0 Å². The number of hydrogen-bond donors (Lipinski definition) is 2. The molecule has 2 N–H and O–H groups in total. The topological polar surface area (TPSA) is 88.5 Å². The monoisotopic (exact) mass is 330 g/mol. The van der Waals surface area contributed by atoms with Gasteiger partial charge in [-0.2, -0.15) is 0 Å². The van der Waals surface area contributed by atoms with Crippen LogP contribution in [0.15, 0.2) is 40.8 Å². The number of para-hydroxylation sites is 1. The number of furan rings is 1. The molecule has 1 saturated carbocycles. The van der Waals surface area contributed by atoms with E-state index in [-0.39, 0.29) is 5.69 Å². The van der Waals surface area contributed by atoms with Gasteiger partial charge in [-0.1, -0.05) is 31.4 Å². The van der Waals surface area contributed by atoms with Gasteiger partial charge in [0.1, 0.15) is 11.5 Å². The smallest absolute Gasteiger partial charge is 0.280 e. The van der Waals surface area contributed by atoms with Crippen LogP contribution in [-0.4, -0.2) is 22.2 Å². The van der Waals surface area contributed by atoms with Crippen LogP contribution in [0.1, 0.15) is 37.9 Å². The maximum absolute atomic E-state index is 11.1. The van der Waals surface area contributed by atoms with Crippen LogP contribution in [0.25, 0.3) is 11.3 Å². The Kier molecular flexibility index (Phi) is 4.97. The molecule has 0 saturated heterocycles. The number of hydrogen-bond acceptors (Lipinski definition) is 5. The summed E-state index contributed by atoms with van der Waals surface area (Å²) in [5, 5.41) is 24.8. The first-order valence-corrected chi connectivity index (χ1v) is 8.33.